The molecule has 5 aromatic rings. The first kappa shape index (κ1) is 31.3. The van der Waals surface area contributed by atoms with Crippen LogP contribution in [0.15, 0.2) is 72.8 Å². The summed E-state index contributed by atoms with van der Waals surface area (Å²) in [6.07, 6.45) is 6.55. The number of benzene rings is 3. The Balaban J connectivity index is 1.21. The molecule has 3 aromatic carbocycles. The molecule has 1 aliphatic heterocycles. The monoisotopic (exact) mass is 744 g/mol. The molecule has 0 unspecified atom stereocenters. The molecule has 1 amide bonds. The van der Waals surface area contributed by atoms with Crippen LogP contribution in [0.2, 0.25) is 0 Å². The third kappa shape index (κ3) is 6.35. The van der Waals surface area contributed by atoms with Crippen LogP contribution in [0.4, 0.5) is 10.2 Å². The number of carbonyl (C=O) groups excluding carboxylic acids is 1. The molecule has 240 valence electrons. The highest BCUT2D eigenvalue weighted by Crippen LogP contribution is 2.38. The van der Waals surface area contributed by atoms with Gasteiger partial charge in [0.25, 0.3) is 0 Å². The predicted octanol–water partition coefficient (Wildman–Crippen LogP) is 8.75. The summed E-state index contributed by atoms with van der Waals surface area (Å²) in [5, 5.41) is 9.55. The fraction of sp³-hybridized carbons (Fsp3) is 0.297. The minimum atomic E-state index is -1.03. The van der Waals surface area contributed by atoms with Gasteiger partial charge in [-0.3, -0.25) is 9.69 Å². The van der Waals surface area contributed by atoms with E-state index in [2.05, 4.69) is 51.4 Å². The van der Waals surface area contributed by atoms with Crippen LogP contribution in [0, 0.1) is 5.82 Å². The molecule has 10 heteroatoms. The third-order valence-corrected chi connectivity index (χ3v) is 10.0. The van der Waals surface area contributed by atoms with E-state index in [4.69, 9.17) is 14.7 Å². The summed E-state index contributed by atoms with van der Waals surface area (Å²) in [6, 6.07) is 22.0. The molecule has 1 saturated heterocycles. The topological polar surface area (TPSA) is 97.6 Å². The highest BCUT2D eigenvalue weighted by Gasteiger charge is 2.26. The Labute approximate surface area is 285 Å². The summed E-state index contributed by atoms with van der Waals surface area (Å²) >= 11 is 2.34. The van der Waals surface area contributed by atoms with E-state index in [1.54, 1.807) is 35.2 Å². The molecule has 2 fully saturated rings. The molecule has 2 aliphatic rings. The number of alkyl halides is 1. The Bertz CT molecular complexity index is 1970. The zero-order valence-electron chi connectivity index (χ0n) is 25.8. The van der Waals surface area contributed by atoms with Crippen LogP contribution in [0.3, 0.4) is 0 Å². The summed E-state index contributed by atoms with van der Waals surface area (Å²) in [5.41, 5.74) is 5.56. The number of pyridine rings is 1. The van der Waals surface area contributed by atoms with Gasteiger partial charge in [-0.25, -0.2) is 19.2 Å². The number of hydrogen-bond acceptors (Lipinski definition) is 5. The van der Waals surface area contributed by atoms with Crippen molar-refractivity contribution in [2.45, 2.75) is 62.0 Å². The van der Waals surface area contributed by atoms with Crippen molar-refractivity contribution in [3.63, 3.8) is 0 Å². The number of aromatic carboxylic acids is 1. The first-order valence-corrected chi connectivity index (χ1v) is 17.6. The zero-order valence-corrected chi connectivity index (χ0v) is 28.0. The third-order valence-electron chi connectivity index (χ3n) is 9.16. The molecule has 7 rings (SSSR count). The molecule has 0 radical (unpaired) electrons. The fourth-order valence-electron chi connectivity index (χ4n) is 6.73. The van der Waals surface area contributed by atoms with E-state index in [1.807, 2.05) is 12.1 Å². The van der Waals surface area contributed by atoms with E-state index in [1.165, 1.54) is 18.1 Å². The zero-order chi connectivity index (χ0) is 32.5. The van der Waals surface area contributed by atoms with Crippen LogP contribution in [0.1, 0.15) is 72.6 Å². The largest absolute Gasteiger partial charge is 0.487 e. The van der Waals surface area contributed by atoms with E-state index in [9.17, 15) is 14.7 Å². The minimum absolute atomic E-state index is 0.0552. The van der Waals surface area contributed by atoms with E-state index in [-0.39, 0.29) is 24.1 Å². The molecule has 0 bridgehead atoms. The van der Waals surface area contributed by atoms with Crippen molar-refractivity contribution in [2.75, 3.05) is 11.4 Å². The van der Waals surface area contributed by atoms with Crippen LogP contribution < -0.4 is 9.64 Å². The highest BCUT2D eigenvalue weighted by atomic mass is 127. The second-order valence-corrected chi connectivity index (χ2v) is 12.9. The van der Waals surface area contributed by atoms with Gasteiger partial charge in [-0.05, 0) is 72.9 Å². The second-order valence-electron chi connectivity index (χ2n) is 12.2. The lowest BCUT2D eigenvalue weighted by atomic mass is 9.94. The van der Waals surface area contributed by atoms with Crippen LogP contribution in [-0.4, -0.2) is 38.1 Å². The van der Waals surface area contributed by atoms with Crippen molar-refractivity contribution in [3.05, 3.63) is 95.4 Å². The Morgan fingerprint density at radius 3 is 2.43 bits per heavy atom. The molecule has 8 nitrogen and oxygen atoms in total. The molecule has 1 N–H and O–H groups in total. The van der Waals surface area contributed by atoms with E-state index in [0.717, 1.165) is 53.2 Å². The van der Waals surface area contributed by atoms with Crippen molar-refractivity contribution in [3.8, 4) is 28.3 Å². The van der Waals surface area contributed by atoms with E-state index < -0.39 is 11.8 Å². The number of amides is 1. The maximum Gasteiger partial charge on any atom is 0.335 e. The van der Waals surface area contributed by atoms with Crippen molar-refractivity contribution >= 4 is 51.3 Å². The molecular weight excluding hydrogens is 710 g/mol. The number of nitrogens with zero attached hydrogens (tertiary/aromatic N) is 4. The Hall–Kier alpha value is -4.32. The van der Waals surface area contributed by atoms with Gasteiger partial charge < -0.3 is 14.4 Å². The van der Waals surface area contributed by atoms with Crippen LogP contribution in [0.5, 0.6) is 5.75 Å². The molecule has 3 heterocycles. The normalized spacial score (nSPS) is 15.4. The van der Waals surface area contributed by atoms with Gasteiger partial charge in [-0.1, -0.05) is 66.1 Å². The lowest BCUT2D eigenvalue weighted by molar-refractivity contribution is -0.117. The quantitative estimate of drug-likeness (QED) is 0.120. The summed E-state index contributed by atoms with van der Waals surface area (Å²) < 4.78 is 25.1. The van der Waals surface area contributed by atoms with E-state index >= 15 is 4.39 Å². The first-order valence-electron chi connectivity index (χ1n) is 16.0. The van der Waals surface area contributed by atoms with E-state index in [0.29, 0.717) is 47.1 Å². The second kappa shape index (κ2) is 13.4. The molecule has 1 saturated carbocycles. The number of hydrogen-bond donors (Lipinski definition) is 1. The van der Waals surface area contributed by atoms with Gasteiger partial charge in [-0.15, -0.1) is 0 Å². The number of fused-ring (bicyclic) bond motifs is 1. The van der Waals surface area contributed by atoms with Crippen LogP contribution in [-0.2, 0) is 15.8 Å². The number of anilines is 1. The molecule has 0 spiro atoms. The number of ether oxygens (including phenoxy) is 1. The van der Waals surface area contributed by atoms with Gasteiger partial charge in [-0.2, -0.15) is 0 Å². The lowest BCUT2D eigenvalue weighted by Gasteiger charge is -2.25. The van der Waals surface area contributed by atoms with Gasteiger partial charge in [0.1, 0.15) is 29.8 Å². The average molecular weight is 745 g/mol. The van der Waals surface area contributed by atoms with Gasteiger partial charge >= 0.3 is 5.97 Å². The Kier molecular flexibility index (Phi) is 8.94. The van der Waals surface area contributed by atoms with Gasteiger partial charge in [0.05, 0.1) is 27.9 Å². The van der Waals surface area contributed by atoms with Crippen LogP contribution in [0.25, 0.3) is 33.5 Å². The maximum absolute atomic E-state index is 16.0. The Morgan fingerprint density at radius 2 is 1.72 bits per heavy atom. The molecule has 1 aliphatic carbocycles. The predicted molar refractivity (Wildman–Crippen MR) is 188 cm³/mol. The van der Waals surface area contributed by atoms with Gasteiger partial charge in [0.15, 0.2) is 0 Å². The lowest BCUT2D eigenvalue weighted by Crippen LogP contribution is -2.25. The number of halogens is 2. The fourth-order valence-corrected chi connectivity index (χ4v) is 7.23. The van der Waals surface area contributed by atoms with Crippen molar-refractivity contribution in [2.24, 2.45) is 0 Å². The summed E-state index contributed by atoms with van der Waals surface area (Å²) in [6.45, 7) is 0.711. The first-order chi connectivity index (χ1) is 22.9. The summed E-state index contributed by atoms with van der Waals surface area (Å²) in [7, 11) is 0. The molecule has 47 heavy (non-hydrogen) atoms. The van der Waals surface area contributed by atoms with Gasteiger partial charge in [0.2, 0.25) is 5.91 Å². The number of carboxylic acid groups (broad SMARTS) is 1. The number of carboxylic acids is 1. The summed E-state index contributed by atoms with van der Waals surface area (Å²) in [4.78, 5) is 35.5. The molecular formula is C37H34FIN4O4. The number of aromatic nitrogens is 3. The number of rotatable bonds is 9. The molecule has 2 aromatic heterocycles. The average Bonchev–Trinajstić information content (AvgIpc) is 3.70. The van der Waals surface area contributed by atoms with Crippen molar-refractivity contribution in [1.82, 2.24) is 14.5 Å². The number of imidazole rings is 1. The number of carbonyl (C=O) groups is 2. The van der Waals surface area contributed by atoms with Crippen molar-refractivity contribution < 1.29 is 23.8 Å². The smallest absolute Gasteiger partial charge is 0.335 e. The SMILES string of the molecule is O=C(O)c1ccc2c(c1)nc(-c1ccc(OCc3nc(N4CCCC4=O)ccc3-c3ccc(CI)cc3)cc1F)n2C1CCCCC1. The highest BCUT2D eigenvalue weighted by molar-refractivity contribution is 14.1. The maximum atomic E-state index is 16.0. The van der Waals surface area contributed by atoms with Crippen LogP contribution >= 0.6 is 22.6 Å². The minimum Gasteiger partial charge on any atom is -0.487 e. The molecule has 0 atom stereocenters. The Morgan fingerprint density at radius 1 is 0.936 bits per heavy atom. The standard InChI is InChI=1S/C37H34FIN4O4/c38-30-20-27(13-14-29(30)36-41-31-19-25(37(45)46)12-16-33(31)43(36)26-5-2-1-3-6-26)47-22-32-28(24-10-8-23(21-39)9-11-24)15-17-34(40-32)42-18-4-7-35(42)44/h8-17,19-20,26H,1-7,18,21-22H2,(H,45,46). The summed E-state index contributed by atoms with van der Waals surface area (Å²) in [5.74, 6) is -0.0307. The van der Waals surface area contributed by atoms with Gasteiger partial charge in [0, 0.05) is 35.1 Å². The van der Waals surface area contributed by atoms with Crippen molar-refractivity contribution in [1.29, 1.82) is 0 Å².